The van der Waals surface area contributed by atoms with Crippen molar-refractivity contribution < 1.29 is 4.74 Å². The number of nitrogens with zero attached hydrogens (tertiary/aromatic N) is 3. The van der Waals surface area contributed by atoms with E-state index in [2.05, 4.69) is 38.8 Å². The molecule has 0 saturated carbocycles. The zero-order valence-electron chi connectivity index (χ0n) is 13.7. The Bertz CT molecular complexity index is 822. The smallest absolute Gasteiger partial charge is 0.249 e. The van der Waals surface area contributed by atoms with E-state index in [1.807, 2.05) is 42.5 Å². The Hall–Kier alpha value is -3.15. The van der Waals surface area contributed by atoms with Crippen molar-refractivity contribution in [3.8, 4) is 5.75 Å². The van der Waals surface area contributed by atoms with Crippen LogP contribution in [0, 0.1) is 0 Å². The maximum absolute atomic E-state index is 5.22. The molecule has 122 valence electrons. The number of aryl methyl sites for hydroxylation is 1. The molecule has 1 heterocycles. The molecule has 0 amide bonds. The molecule has 0 fully saturated rings. The second-order valence-corrected chi connectivity index (χ2v) is 5.16. The van der Waals surface area contributed by atoms with Crippen LogP contribution in [-0.2, 0) is 6.42 Å². The lowest BCUT2D eigenvalue weighted by molar-refractivity contribution is 0.415. The van der Waals surface area contributed by atoms with Crippen LogP contribution in [0.2, 0.25) is 0 Å². The number of anilines is 4. The number of aromatic nitrogens is 3. The molecule has 24 heavy (non-hydrogen) atoms. The predicted octanol–water partition coefficient (Wildman–Crippen LogP) is 3.93. The van der Waals surface area contributed by atoms with Crippen molar-refractivity contribution in [2.45, 2.75) is 13.3 Å². The lowest BCUT2D eigenvalue weighted by Crippen LogP contribution is -2.03. The molecule has 0 spiro atoms. The number of hydrogen-bond acceptors (Lipinski definition) is 6. The van der Waals surface area contributed by atoms with Gasteiger partial charge in [0.2, 0.25) is 5.95 Å². The SMILES string of the molecule is CCc1ccccc1Nc1nncc(Nc2cccc(OC)c2)n1. The lowest BCUT2D eigenvalue weighted by atomic mass is 10.1. The van der Waals surface area contributed by atoms with Gasteiger partial charge < -0.3 is 15.4 Å². The minimum absolute atomic E-state index is 0.448. The van der Waals surface area contributed by atoms with E-state index in [9.17, 15) is 0 Å². The quantitative estimate of drug-likeness (QED) is 0.717. The Kier molecular flexibility index (Phi) is 4.86. The zero-order valence-corrected chi connectivity index (χ0v) is 13.7. The van der Waals surface area contributed by atoms with Crippen LogP contribution in [0.3, 0.4) is 0 Å². The summed E-state index contributed by atoms with van der Waals surface area (Å²) in [6, 6.07) is 15.7. The fourth-order valence-electron chi connectivity index (χ4n) is 2.34. The van der Waals surface area contributed by atoms with Gasteiger partial charge in [-0.2, -0.15) is 10.1 Å². The summed E-state index contributed by atoms with van der Waals surface area (Å²) >= 11 is 0. The summed E-state index contributed by atoms with van der Waals surface area (Å²) in [6.45, 7) is 2.11. The molecule has 2 N–H and O–H groups in total. The van der Waals surface area contributed by atoms with Crippen molar-refractivity contribution in [3.05, 3.63) is 60.3 Å². The number of ether oxygens (including phenoxy) is 1. The van der Waals surface area contributed by atoms with Crippen LogP contribution in [0.25, 0.3) is 0 Å². The van der Waals surface area contributed by atoms with Crippen LogP contribution in [0.1, 0.15) is 12.5 Å². The molecule has 0 bridgehead atoms. The molecule has 6 heteroatoms. The lowest BCUT2D eigenvalue weighted by Gasteiger charge is -2.10. The fraction of sp³-hybridized carbons (Fsp3) is 0.167. The highest BCUT2D eigenvalue weighted by atomic mass is 16.5. The molecule has 0 unspecified atom stereocenters. The van der Waals surface area contributed by atoms with Crippen molar-refractivity contribution in [1.82, 2.24) is 15.2 Å². The second-order valence-electron chi connectivity index (χ2n) is 5.16. The molecule has 0 saturated heterocycles. The average Bonchev–Trinajstić information content (AvgIpc) is 2.62. The highest BCUT2D eigenvalue weighted by molar-refractivity contribution is 5.61. The van der Waals surface area contributed by atoms with Crippen molar-refractivity contribution in [3.63, 3.8) is 0 Å². The minimum atomic E-state index is 0.448. The van der Waals surface area contributed by atoms with Gasteiger partial charge in [0.1, 0.15) is 5.75 Å². The van der Waals surface area contributed by atoms with E-state index in [0.29, 0.717) is 11.8 Å². The molecule has 1 aromatic heterocycles. The normalized spacial score (nSPS) is 10.2. The van der Waals surface area contributed by atoms with Crippen LogP contribution in [-0.4, -0.2) is 22.3 Å². The highest BCUT2D eigenvalue weighted by Crippen LogP contribution is 2.22. The van der Waals surface area contributed by atoms with Crippen LogP contribution in [0.4, 0.5) is 23.1 Å². The van der Waals surface area contributed by atoms with Gasteiger partial charge in [-0.05, 0) is 30.2 Å². The van der Waals surface area contributed by atoms with Gasteiger partial charge in [-0.3, -0.25) is 0 Å². The van der Waals surface area contributed by atoms with E-state index in [1.165, 1.54) is 5.56 Å². The molecule has 3 rings (SSSR count). The van der Waals surface area contributed by atoms with Crippen LogP contribution in [0.5, 0.6) is 5.75 Å². The Balaban J connectivity index is 1.79. The molecule has 2 aromatic carbocycles. The average molecular weight is 321 g/mol. The van der Waals surface area contributed by atoms with Crippen molar-refractivity contribution in [2.75, 3.05) is 17.7 Å². The third kappa shape index (κ3) is 3.78. The third-order valence-electron chi connectivity index (χ3n) is 3.55. The first-order valence-corrected chi connectivity index (χ1v) is 7.74. The van der Waals surface area contributed by atoms with Gasteiger partial charge in [-0.1, -0.05) is 31.2 Å². The van der Waals surface area contributed by atoms with E-state index in [-0.39, 0.29) is 0 Å². The first-order valence-electron chi connectivity index (χ1n) is 7.74. The molecule has 0 aliphatic rings. The number of rotatable bonds is 6. The molecular weight excluding hydrogens is 302 g/mol. The minimum Gasteiger partial charge on any atom is -0.497 e. The summed E-state index contributed by atoms with van der Waals surface area (Å²) in [5.41, 5.74) is 3.06. The van der Waals surface area contributed by atoms with Crippen LogP contribution >= 0.6 is 0 Å². The standard InChI is InChI=1S/C18H19N5O/c1-3-13-7-4-5-10-16(13)21-18-22-17(12-19-23-18)20-14-8-6-9-15(11-14)24-2/h4-12H,3H2,1-2H3,(H2,20,21,22,23). The summed E-state index contributed by atoms with van der Waals surface area (Å²) < 4.78 is 5.22. The van der Waals surface area contributed by atoms with E-state index < -0.39 is 0 Å². The monoisotopic (exact) mass is 321 g/mol. The van der Waals surface area contributed by atoms with Gasteiger partial charge in [-0.15, -0.1) is 5.10 Å². The number of hydrogen-bond donors (Lipinski definition) is 2. The molecule has 0 atom stereocenters. The third-order valence-corrected chi connectivity index (χ3v) is 3.55. The number of methoxy groups -OCH3 is 1. The van der Waals surface area contributed by atoms with Crippen molar-refractivity contribution in [2.24, 2.45) is 0 Å². The summed E-state index contributed by atoms with van der Waals surface area (Å²) in [7, 11) is 1.64. The Morgan fingerprint density at radius 1 is 1.04 bits per heavy atom. The first kappa shape index (κ1) is 15.7. The molecule has 0 aliphatic carbocycles. The zero-order chi connectivity index (χ0) is 16.8. The second kappa shape index (κ2) is 7.41. The molecule has 0 radical (unpaired) electrons. The van der Waals surface area contributed by atoms with Gasteiger partial charge in [-0.25, -0.2) is 0 Å². The molecule has 0 aliphatic heterocycles. The Labute approximate surface area is 140 Å². The number of para-hydroxylation sites is 1. The summed E-state index contributed by atoms with van der Waals surface area (Å²) in [4.78, 5) is 4.46. The van der Waals surface area contributed by atoms with Crippen LogP contribution in [0.15, 0.2) is 54.7 Å². The predicted molar refractivity (Wildman–Crippen MR) is 95.2 cm³/mol. The van der Waals surface area contributed by atoms with E-state index in [0.717, 1.165) is 23.5 Å². The topological polar surface area (TPSA) is 72.0 Å². The van der Waals surface area contributed by atoms with E-state index in [4.69, 9.17) is 4.74 Å². The van der Waals surface area contributed by atoms with Gasteiger partial charge >= 0.3 is 0 Å². The van der Waals surface area contributed by atoms with Gasteiger partial charge in [0.05, 0.1) is 13.3 Å². The van der Waals surface area contributed by atoms with E-state index in [1.54, 1.807) is 13.3 Å². The summed E-state index contributed by atoms with van der Waals surface area (Å²) in [5.74, 6) is 1.83. The van der Waals surface area contributed by atoms with Gasteiger partial charge in [0.15, 0.2) is 5.82 Å². The first-order chi connectivity index (χ1) is 11.8. The molecule has 6 nitrogen and oxygen atoms in total. The Morgan fingerprint density at radius 3 is 2.75 bits per heavy atom. The Morgan fingerprint density at radius 2 is 1.92 bits per heavy atom. The summed E-state index contributed by atoms with van der Waals surface area (Å²) in [6.07, 6.45) is 2.51. The van der Waals surface area contributed by atoms with E-state index >= 15 is 0 Å². The maximum atomic E-state index is 5.22. The molecular formula is C18H19N5O. The largest absolute Gasteiger partial charge is 0.497 e. The fourth-order valence-corrected chi connectivity index (χ4v) is 2.34. The molecule has 3 aromatic rings. The number of nitrogens with one attached hydrogen (secondary N) is 2. The summed E-state index contributed by atoms with van der Waals surface area (Å²) in [5, 5.41) is 14.5. The number of benzene rings is 2. The highest BCUT2D eigenvalue weighted by Gasteiger charge is 2.05. The van der Waals surface area contributed by atoms with Gasteiger partial charge in [0, 0.05) is 17.4 Å². The van der Waals surface area contributed by atoms with Crippen LogP contribution < -0.4 is 15.4 Å². The van der Waals surface area contributed by atoms with Gasteiger partial charge in [0.25, 0.3) is 0 Å². The van der Waals surface area contributed by atoms with Crippen molar-refractivity contribution >= 4 is 23.1 Å². The van der Waals surface area contributed by atoms with Crippen molar-refractivity contribution in [1.29, 1.82) is 0 Å². The maximum Gasteiger partial charge on any atom is 0.249 e.